The number of rotatable bonds is 3. The average Bonchev–Trinajstić information content (AvgIpc) is 3.38. The van der Waals surface area contributed by atoms with Crippen LogP contribution in [0.15, 0.2) is 72.1 Å². The van der Waals surface area contributed by atoms with Crippen LogP contribution in [0, 0.1) is 0 Å². The average molecular weight is 372 g/mol. The number of carbonyl (C=O) groups excluding carboxylic acids is 1. The molecule has 1 aromatic heterocycles. The Labute approximate surface area is 163 Å². The highest BCUT2D eigenvalue weighted by Gasteiger charge is 2.32. The number of nitrogens with zero attached hydrogens (tertiary/aromatic N) is 1. The Morgan fingerprint density at radius 3 is 2.78 bits per heavy atom. The first-order valence-electron chi connectivity index (χ1n) is 9.29. The Kier molecular flexibility index (Phi) is 4.15. The molecule has 1 aliphatic heterocycles. The summed E-state index contributed by atoms with van der Waals surface area (Å²) in [6.07, 6.45) is 6.21. The molecule has 4 heteroatoms. The van der Waals surface area contributed by atoms with Gasteiger partial charge < -0.3 is 0 Å². The van der Waals surface area contributed by atoms with Crippen LogP contribution in [0.3, 0.4) is 0 Å². The molecule has 0 saturated heterocycles. The quantitative estimate of drug-likeness (QED) is 0.700. The van der Waals surface area contributed by atoms with Crippen molar-refractivity contribution in [2.75, 3.05) is 4.90 Å². The molecule has 134 valence electrons. The molecule has 0 spiro atoms. The first-order chi connectivity index (χ1) is 13.3. The number of hydrogen-bond donors (Lipinski definition) is 1. The maximum Gasteiger partial charge on any atom is 0.269 e. The lowest BCUT2D eigenvalue weighted by Gasteiger charge is -2.36. The normalized spacial score (nSPS) is 20.4. The summed E-state index contributed by atoms with van der Waals surface area (Å²) in [5.74, 6) is 0.0468. The smallest absolute Gasteiger partial charge is 0.269 e. The van der Waals surface area contributed by atoms with E-state index in [0.717, 1.165) is 29.0 Å². The Morgan fingerprint density at radius 2 is 1.89 bits per heavy atom. The summed E-state index contributed by atoms with van der Waals surface area (Å²) in [5, 5.41) is 5.68. The van der Waals surface area contributed by atoms with E-state index < -0.39 is 0 Å². The van der Waals surface area contributed by atoms with Crippen molar-refractivity contribution in [2.24, 2.45) is 0 Å². The molecule has 2 aromatic carbocycles. The van der Waals surface area contributed by atoms with Gasteiger partial charge in [-0.25, -0.2) is 0 Å². The number of fused-ring (bicyclic) bond motifs is 2. The molecule has 0 bridgehead atoms. The lowest BCUT2D eigenvalue weighted by atomic mass is 10.0. The number of aryl methyl sites for hydroxylation is 1. The minimum atomic E-state index is -0.161. The summed E-state index contributed by atoms with van der Waals surface area (Å²) in [5.41, 5.74) is 4.80. The monoisotopic (exact) mass is 372 g/mol. The molecular weight excluding hydrogens is 352 g/mol. The number of nitrogens with one attached hydrogen (secondary N) is 1. The lowest BCUT2D eigenvalue weighted by molar-refractivity contribution is 0.0979. The van der Waals surface area contributed by atoms with Gasteiger partial charge in [0.25, 0.3) is 5.91 Å². The molecule has 27 heavy (non-hydrogen) atoms. The Morgan fingerprint density at radius 1 is 1.04 bits per heavy atom. The summed E-state index contributed by atoms with van der Waals surface area (Å²) in [4.78, 5) is 16.0. The van der Waals surface area contributed by atoms with Crippen LogP contribution in [0.1, 0.15) is 38.8 Å². The number of hydrogen-bond acceptors (Lipinski definition) is 3. The molecule has 2 heterocycles. The fourth-order valence-electron chi connectivity index (χ4n) is 4.10. The van der Waals surface area contributed by atoms with Gasteiger partial charge >= 0.3 is 0 Å². The van der Waals surface area contributed by atoms with Crippen molar-refractivity contribution in [2.45, 2.75) is 25.0 Å². The second kappa shape index (κ2) is 6.80. The van der Waals surface area contributed by atoms with Crippen LogP contribution < -0.4 is 10.2 Å². The van der Waals surface area contributed by atoms with Gasteiger partial charge in [0, 0.05) is 6.04 Å². The maximum absolute atomic E-state index is 13.3. The zero-order valence-corrected chi connectivity index (χ0v) is 15.7. The zero-order valence-electron chi connectivity index (χ0n) is 14.8. The molecular formula is C23H20N2OS. The Bertz CT molecular complexity index is 1010. The summed E-state index contributed by atoms with van der Waals surface area (Å²) in [6, 6.07) is 20.8. The first kappa shape index (κ1) is 16.5. The molecule has 3 nitrogen and oxygen atoms in total. The number of para-hydroxylation sites is 1. The van der Waals surface area contributed by atoms with E-state index >= 15 is 0 Å². The highest BCUT2D eigenvalue weighted by Crippen LogP contribution is 2.35. The van der Waals surface area contributed by atoms with Gasteiger partial charge in [0.15, 0.2) is 0 Å². The van der Waals surface area contributed by atoms with Crippen molar-refractivity contribution < 1.29 is 4.79 Å². The topological polar surface area (TPSA) is 32.3 Å². The third-order valence-electron chi connectivity index (χ3n) is 5.39. The van der Waals surface area contributed by atoms with Gasteiger partial charge in [0.2, 0.25) is 0 Å². The van der Waals surface area contributed by atoms with Crippen molar-refractivity contribution in [1.29, 1.82) is 0 Å². The number of benzene rings is 2. The van der Waals surface area contributed by atoms with Crippen LogP contribution in [0.2, 0.25) is 0 Å². The summed E-state index contributed by atoms with van der Waals surface area (Å²) >= 11 is 1.49. The van der Waals surface area contributed by atoms with Crippen molar-refractivity contribution in [3.63, 3.8) is 0 Å². The lowest BCUT2D eigenvalue weighted by Crippen LogP contribution is -2.50. The Hall–Kier alpha value is -2.69. The molecule has 1 N–H and O–H groups in total. The molecule has 5 rings (SSSR count). The molecule has 0 radical (unpaired) electrons. The van der Waals surface area contributed by atoms with E-state index in [9.17, 15) is 4.79 Å². The zero-order chi connectivity index (χ0) is 18.2. The van der Waals surface area contributed by atoms with Gasteiger partial charge in [-0.15, -0.1) is 11.3 Å². The molecule has 2 atom stereocenters. The van der Waals surface area contributed by atoms with Crippen LogP contribution in [0.25, 0.3) is 6.08 Å². The van der Waals surface area contributed by atoms with E-state index in [0.29, 0.717) is 0 Å². The fraction of sp³-hybridized carbons (Fsp3) is 0.174. The van der Waals surface area contributed by atoms with Crippen LogP contribution >= 0.6 is 11.3 Å². The van der Waals surface area contributed by atoms with E-state index in [1.54, 1.807) is 0 Å². The molecule has 1 aliphatic carbocycles. The molecule has 3 aromatic rings. The summed E-state index contributed by atoms with van der Waals surface area (Å²) in [7, 11) is 0. The molecule has 0 fully saturated rings. The van der Waals surface area contributed by atoms with Gasteiger partial charge in [-0.05, 0) is 53.1 Å². The van der Waals surface area contributed by atoms with Crippen molar-refractivity contribution >= 4 is 29.0 Å². The highest BCUT2D eigenvalue weighted by molar-refractivity contribution is 7.12. The van der Waals surface area contributed by atoms with Crippen LogP contribution in [0.5, 0.6) is 0 Å². The summed E-state index contributed by atoms with van der Waals surface area (Å²) < 4.78 is 0. The molecule has 2 aliphatic rings. The van der Waals surface area contributed by atoms with Crippen LogP contribution in [-0.2, 0) is 6.42 Å². The third kappa shape index (κ3) is 2.91. The maximum atomic E-state index is 13.3. The molecule has 1 amide bonds. The van der Waals surface area contributed by atoms with E-state index in [1.165, 1.54) is 22.5 Å². The molecule has 0 saturated carbocycles. The first-order valence-corrected chi connectivity index (χ1v) is 10.2. The van der Waals surface area contributed by atoms with Crippen LogP contribution in [-0.4, -0.2) is 12.1 Å². The number of anilines is 1. The van der Waals surface area contributed by atoms with Crippen LogP contribution in [0.4, 0.5) is 5.69 Å². The predicted octanol–water partition coefficient (Wildman–Crippen LogP) is 5.02. The van der Waals surface area contributed by atoms with E-state index in [4.69, 9.17) is 0 Å². The number of thiophene rings is 1. The predicted molar refractivity (Wildman–Crippen MR) is 111 cm³/mol. The fourth-order valence-corrected chi connectivity index (χ4v) is 4.76. The number of carbonyl (C=O) groups is 1. The van der Waals surface area contributed by atoms with Gasteiger partial charge in [-0.3, -0.25) is 15.0 Å². The second-order valence-electron chi connectivity index (χ2n) is 6.97. The van der Waals surface area contributed by atoms with Crippen molar-refractivity contribution in [3.8, 4) is 0 Å². The van der Waals surface area contributed by atoms with Gasteiger partial charge in [-0.2, -0.15) is 0 Å². The van der Waals surface area contributed by atoms with Crippen molar-refractivity contribution in [1.82, 2.24) is 5.32 Å². The van der Waals surface area contributed by atoms with E-state index in [1.807, 2.05) is 40.6 Å². The summed E-state index contributed by atoms with van der Waals surface area (Å²) in [6.45, 7) is 0. The van der Waals surface area contributed by atoms with Gasteiger partial charge in [0.1, 0.15) is 6.17 Å². The van der Waals surface area contributed by atoms with Gasteiger partial charge in [-0.1, -0.05) is 54.6 Å². The molecule has 1 unspecified atom stereocenters. The third-order valence-corrected chi connectivity index (χ3v) is 6.25. The standard InChI is InChI=1S/C23H20N2OS/c26-23(21-10-5-15-27-21)25-20-9-4-2-7-17(20)12-14-22(25)24-19-13-11-16-6-1-3-8-18(16)19/h1-10,12,14-15,19,22,24H,11,13H2/t19-,22?/m1/s1. The van der Waals surface area contributed by atoms with E-state index in [2.05, 4.69) is 47.8 Å². The Balaban J connectivity index is 1.50. The minimum Gasteiger partial charge on any atom is -0.287 e. The second-order valence-corrected chi connectivity index (χ2v) is 7.92. The van der Waals surface area contributed by atoms with Crippen molar-refractivity contribution in [3.05, 3.63) is 93.7 Å². The largest absolute Gasteiger partial charge is 0.287 e. The number of amides is 1. The highest BCUT2D eigenvalue weighted by atomic mass is 32.1. The van der Waals surface area contributed by atoms with E-state index in [-0.39, 0.29) is 18.1 Å². The van der Waals surface area contributed by atoms with Gasteiger partial charge in [0.05, 0.1) is 10.6 Å². The minimum absolute atomic E-state index is 0.0468. The SMILES string of the molecule is O=C(c1cccs1)N1c2ccccc2C=CC1N[C@@H]1CCc2ccccc21.